The first-order valence-electron chi connectivity index (χ1n) is 5.18. The summed E-state index contributed by atoms with van der Waals surface area (Å²) in [5, 5.41) is 9.04. The number of nitrogens with zero attached hydrogens (tertiary/aromatic N) is 1. The molecule has 0 heterocycles. The van der Waals surface area contributed by atoms with Gasteiger partial charge in [0.25, 0.3) is 5.09 Å². The molecule has 0 amide bonds. The highest BCUT2D eigenvalue weighted by atomic mass is 16.9. The molecule has 14 heavy (non-hydrogen) atoms. The number of rotatable bonds is 6. The first-order valence-corrected chi connectivity index (χ1v) is 5.18. The monoisotopic (exact) mass is 203 g/mol. The van der Waals surface area contributed by atoms with Crippen molar-refractivity contribution in [2.75, 3.05) is 13.2 Å². The van der Waals surface area contributed by atoms with Gasteiger partial charge < -0.3 is 9.57 Å². The summed E-state index contributed by atoms with van der Waals surface area (Å²) in [7, 11) is 0. The first-order chi connectivity index (χ1) is 6.79. The minimum atomic E-state index is -0.763. The maximum Gasteiger partial charge on any atom is 0.294 e. The van der Waals surface area contributed by atoms with Crippen LogP contribution in [0.25, 0.3) is 0 Å². The molecular weight excluding hydrogens is 186 g/mol. The van der Waals surface area contributed by atoms with Crippen LogP contribution in [0.3, 0.4) is 0 Å². The van der Waals surface area contributed by atoms with Gasteiger partial charge in [0.15, 0.2) is 0 Å². The largest absolute Gasteiger partial charge is 0.378 e. The van der Waals surface area contributed by atoms with Gasteiger partial charge in [-0.3, -0.25) is 0 Å². The predicted molar refractivity (Wildman–Crippen MR) is 50.4 cm³/mol. The maximum atomic E-state index is 9.81. The molecule has 0 atom stereocenters. The summed E-state index contributed by atoms with van der Waals surface area (Å²) in [6.45, 7) is 0.707. The Balaban J connectivity index is 1.90. The Morgan fingerprint density at radius 3 is 2.57 bits per heavy atom. The minimum Gasteiger partial charge on any atom is -0.378 e. The fourth-order valence-electron chi connectivity index (χ4n) is 1.68. The van der Waals surface area contributed by atoms with E-state index in [0.717, 1.165) is 12.8 Å². The number of hydrogen-bond acceptors (Lipinski definition) is 4. The van der Waals surface area contributed by atoms with Gasteiger partial charge >= 0.3 is 0 Å². The van der Waals surface area contributed by atoms with E-state index in [-0.39, 0.29) is 6.61 Å². The van der Waals surface area contributed by atoms with Gasteiger partial charge in [-0.15, -0.1) is 10.1 Å². The lowest BCUT2D eigenvalue weighted by molar-refractivity contribution is -0.757. The van der Waals surface area contributed by atoms with Crippen LogP contribution in [-0.2, 0) is 9.57 Å². The molecule has 1 rings (SSSR count). The minimum absolute atomic E-state index is 0.139. The van der Waals surface area contributed by atoms with Crippen LogP contribution in [0.4, 0.5) is 0 Å². The van der Waals surface area contributed by atoms with Crippen LogP contribution in [-0.4, -0.2) is 24.4 Å². The molecule has 0 bridgehead atoms. The highest BCUT2D eigenvalue weighted by Gasteiger charge is 2.12. The Morgan fingerprint density at radius 1 is 1.21 bits per heavy atom. The van der Waals surface area contributed by atoms with Crippen LogP contribution in [0.2, 0.25) is 0 Å². The van der Waals surface area contributed by atoms with Crippen LogP contribution in [0, 0.1) is 10.1 Å². The molecule has 0 saturated heterocycles. The Morgan fingerprint density at radius 2 is 1.93 bits per heavy atom. The summed E-state index contributed by atoms with van der Waals surface area (Å²) in [5.74, 6) is 0. The van der Waals surface area contributed by atoms with Crippen LogP contribution in [0.15, 0.2) is 0 Å². The van der Waals surface area contributed by atoms with Crippen LogP contribution in [0.5, 0.6) is 0 Å². The zero-order chi connectivity index (χ0) is 10.2. The van der Waals surface area contributed by atoms with E-state index >= 15 is 0 Å². The van der Waals surface area contributed by atoms with Gasteiger partial charge in [0.1, 0.15) is 0 Å². The molecule has 5 heteroatoms. The molecule has 0 unspecified atom stereocenters. The highest BCUT2D eigenvalue weighted by Crippen LogP contribution is 2.20. The van der Waals surface area contributed by atoms with Crippen molar-refractivity contribution in [1.82, 2.24) is 0 Å². The van der Waals surface area contributed by atoms with E-state index in [0.29, 0.717) is 19.1 Å². The zero-order valence-electron chi connectivity index (χ0n) is 8.31. The van der Waals surface area contributed by atoms with Crippen LogP contribution >= 0.6 is 0 Å². The van der Waals surface area contributed by atoms with Crippen molar-refractivity contribution in [2.45, 2.75) is 44.6 Å². The van der Waals surface area contributed by atoms with Crippen molar-refractivity contribution >= 4 is 0 Å². The van der Waals surface area contributed by atoms with E-state index in [1.54, 1.807) is 0 Å². The van der Waals surface area contributed by atoms with Crippen molar-refractivity contribution < 1.29 is 14.7 Å². The van der Waals surface area contributed by atoms with Gasteiger partial charge in [-0.25, -0.2) is 0 Å². The van der Waals surface area contributed by atoms with Crippen molar-refractivity contribution in [2.24, 2.45) is 0 Å². The Kier molecular flexibility index (Phi) is 5.29. The number of hydrogen-bond donors (Lipinski definition) is 0. The SMILES string of the molecule is O=[N+]([O-])OCCCOC1CCCCC1. The standard InChI is InChI=1S/C9H17NO4/c11-10(12)14-8-4-7-13-9-5-2-1-3-6-9/h9H,1-8H2. The summed E-state index contributed by atoms with van der Waals surface area (Å²) < 4.78 is 5.56. The fraction of sp³-hybridized carbons (Fsp3) is 1.00. The molecule has 0 radical (unpaired) electrons. The average molecular weight is 203 g/mol. The molecule has 0 aliphatic heterocycles. The van der Waals surface area contributed by atoms with Gasteiger partial charge in [0, 0.05) is 6.61 Å². The smallest absolute Gasteiger partial charge is 0.294 e. The quantitative estimate of drug-likeness (QED) is 0.376. The highest BCUT2D eigenvalue weighted by molar-refractivity contribution is 4.64. The molecule has 1 fully saturated rings. The summed E-state index contributed by atoms with van der Waals surface area (Å²) in [4.78, 5) is 14.0. The van der Waals surface area contributed by atoms with Gasteiger partial charge in [-0.1, -0.05) is 19.3 Å². The van der Waals surface area contributed by atoms with Crippen molar-refractivity contribution in [3.8, 4) is 0 Å². The van der Waals surface area contributed by atoms with Crippen molar-refractivity contribution in [1.29, 1.82) is 0 Å². The molecule has 0 aromatic carbocycles. The van der Waals surface area contributed by atoms with Crippen molar-refractivity contribution in [3.63, 3.8) is 0 Å². The lowest BCUT2D eigenvalue weighted by atomic mass is 9.98. The Bertz CT molecular complexity index is 168. The summed E-state index contributed by atoms with van der Waals surface area (Å²) >= 11 is 0. The van der Waals surface area contributed by atoms with E-state index < -0.39 is 5.09 Å². The van der Waals surface area contributed by atoms with E-state index in [4.69, 9.17) is 4.74 Å². The topological polar surface area (TPSA) is 61.6 Å². The maximum absolute atomic E-state index is 9.81. The summed E-state index contributed by atoms with van der Waals surface area (Å²) in [6.07, 6.45) is 7.04. The van der Waals surface area contributed by atoms with Gasteiger partial charge in [0.2, 0.25) is 0 Å². The Labute approximate surface area is 83.5 Å². The second-order valence-corrected chi connectivity index (χ2v) is 3.54. The first kappa shape index (κ1) is 11.2. The van der Waals surface area contributed by atoms with E-state index in [1.807, 2.05) is 0 Å². The molecule has 5 nitrogen and oxygen atoms in total. The van der Waals surface area contributed by atoms with Crippen LogP contribution in [0.1, 0.15) is 38.5 Å². The predicted octanol–water partition coefficient (Wildman–Crippen LogP) is 1.93. The molecular formula is C9H17NO4. The average Bonchev–Trinajstić information content (AvgIpc) is 2.18. The van der Waals surface area contributed by atoms with Gasteiger partial charge in [-0.05, 0) is 19.3 Å². The molecule has 1 saturated carbocycles. The van der Waals surface area contributed by atoms with E-state index in [2.05, 4.69) is 4.84 Å². The van der Waals surface area contributed by atoms with Gasteiger partial charge in [0.05, 0.1) is 12.7 Å². The third-order valence-corrected chi connectivity index (χ3v) is 2.39. The third kappa shape index (κ3) is 5.01. The fourth-order valence-corrected chi connectivity index (χ4v) is 1.68. The molecule has 0 N–H and O–H groups in total. The Hall–Kier alpha value is -0.840. The number of ether oxygens (including phenoxy) is 1. The molecule has 0 aromatic heterocycles. The lowest BCUT2D eigenvalue weighted by Gasteiger charge is -2.21. The van der Waals surface area contributed by atoms with E-state index in [1.165, 1.54) is 19.3 Å². The second kappa shape index (κ2) is 6.59. The van der Waals surface area contributed by atoms with Crippen LogP contribution < -0.4 is 0 Å². The zero-order valence-corrected chi connectivity index (χ0v) is 8.31. The molecule has 1 aliphatic carbocycles. The molecule has 0 aromatic rings. The second-order valence-electron chi connectivity index (χ2n) is 3.54. The third-order valence-electron chi connectivity index (χ3n) is 2.39. The summed E-state index contributed by atoms with van der Waals surface area (Å²) in [5.41, 5.74) is 0. The molecule has 0 spiro atoms. The molecule has 82 valence electrons. The van der Waals surface area contributed by atoms with Crippen molar-refractivity contribution in [3.05, 3.63) is 10.1 Å². The summed E-state index contributed by atoms with van der Waals surface area (Å²) in [6, 6.07) is 0. The molecule has 1 aliphatic rings. The van der Waals surface area contributed by atoms with Gasteiger partial charge in [-0.2, -0.15) is 0 Å². The van der Waals surface area contributed by atoms with E-state index in [9.17, 15) is 10.1 Å². The lowest BCUT2D eigenvalue weighted by Crippen LogP contribution is -2.18. The normalized spacial score (nSPS) is 18.0.